The zero-order valence-electron chi connectivity index (χ0n) is 30.2. The van der Waals surface area contributed by atoms with Gasteiger partial charge in [-0.1, -0.05) is 95.5 Å². The molecule has 2 rings (SSSR count). The van der Waals surface area contributed by atoms with E-state index in [2.05, 4.69) is 35.0 Å². The van der Waals surface area contributed by atoms with E-state index < -0.39 is 0 Å². The van der Waals surface area contributed by atoms with Crippen molar-refractivity contribution < 1.29 is 66.5 Å². The largest absolute Gasteiger partial charge is 1.00 e. The number of hydrogen-bond donors (Lipinski definition) is 0. The second-order valence-electron chi connectivity index (χ2n) is 14.2. The average molecular weight is 863 g/mol. The summed E-state index contributed by atoms with van der Waals surface area (Å²) in [7, 11) is 7.37. The van der Waals surface area contributed by atoms with Crippen LogP contribution < -0.4 is 52.7 Å². The van der Waals surface area contributed by atoms with Crippen molar-refractivity contribution in [3.63, 3.8) is 0 Å². The van der Waals surface area contributed by atoms with Gasteiger partial charge < -0.3 is 61.7 Å². The van der Waals surface area contributed by atoms with Crippen molar-refractivity contribution >= 4 is 5.78 Å². The number of halogens is 2. The molecule has 0 fully saturated rings. The summed E-state index contributed by atoms with van der Waals surface area (Å²) in [4.78, 5) is 12.6. The van der Waals surface area contributed by atoms with Crippen LogP contribution in [0.2, 0.25) is 0 Å². The summed E-state index contributed by atoms with van der Waals surface area (Å²) in [5.74, 6) is 0.897. The minimum atomic E-state index is 0. The third kappa shape index (κ3) is 20.6. The van der Waals surface area contributed by atoms with Crippen LogP contribution in [0, 0.1) is 0 Å². The molecule has 0 saturated heterocycles. The van der Waals surface area contributed by atoms with Crippen LogP contribution in [0.15, 0.2) is 54.6 Å². The summed E-state index contributed by atoms with van der Waals surface area (Å²) < 4.78 is 8.37. The highest BCUT2D eigenvalue weighted by atomic mass is 127. The molecule has 1 unspecified atom stereocenters. The molecule has 0 aliphatic carbocycles. The molecule has 0 aliphatic rings. The Morgan fingerprint density at radius 2 is 1.00 bits per heavy atom. The molecule has 0 aliphatic heterocycles. The molecule has 0 bridgehead atoms. The highest BCUT2D eigenvalue weighted by molar-refractivity contribution is 6.08. The van der Waals surface area contributed by atoms with Crippen molar-refractivity contribution in [3.8, 4) is 5.75 Å². The van der Waals surface area contributed by atoms with E-state index in [4.69, 9.17) is 4.74 Å². The van der Waals surface area contributed by atoms with Crippen molar-refractivity contribution in [1.29, 1.82) is 0 Å². The number of rotatable bonds is 27. The van der Waals surface area contributed by atoms with Crippen LogP contribution in [-0.2, 0) is 0 Å². The Hall–Kier alpha value is -0.710. The zero-order chi connectivity index (χ0) is 31.9. The molecule has 0 radical (unpaired) electrons. The molecular weight excluding hydrogens is 794 g/mol. The SMILES string of the molecule is CCCCCCCCCCCC[N+](C)(C)CCC[N+](C)(CCC)CCCCCCOc1ccc(C(=O)c2ccccc2)cc1.[I-].[I-]. The molecule has 2 aromatic carbocycles. The monoisotopic (exact) mass is 862 g/mol. The molecule has 0 N–H and O–H groups in total. The van der Waals surface area contributed by atoms with E-state index in [1.54, 1.807) is 0 Å². The van der Waals surface area contributed by atoms with Crippen LogP contribution in [0.5, 0.6) is 5.75 Å². The fourth-order valence-corrected chi connectivity index (χ4v) is 6.49. The van der Waals surface area contributed by atoms with E-state index in [1.165, 1.54) is 138 Å². The van der Waals surface area contributed by atoms with Gasteiger partial charge in [-0.25, -0.2) is 0 Å². The van der Waals surface area contributed by atoms with Crippen molar-refractivity contribution in [2.75, 3.05) is 60.5 Å². The quantitative estimate of drug-likeness (QED) is 0.0586. The van der Waals surface area contributed by atoms with Gasteiger partial charge in [0.1, 0.15) is 5.75 Å². The molecule has 0 spiro atoms. The molecule has 0 saturated carbocycles. The Morgan fingerprint density at radius 3 is 1.59 bits per heavy atom. The second-order valence-corrected chi connectivity index (χ2v) is 14.2. The molecule has 264 valence electrons. The second kappa shape index (κ2) is 27.2. The standard InChI is InChI=1S/C40H68N2O2.2HI/c1-6-8-9-10-11-12-13-14-15-21-32-41(3,4)33-24-35-42(5,31-7-2)34-22-16-17-23-36-44-39-29-27-38(28-30-39)40(43)37-25-19-18-20-26-37;;/h18-20,25-30H,6-17,21-24,31-36H2,1-5H3;2*1H/q+2;;/p-2. The minimum absolute atomic E-state index is 0. The maximum absolute atomic E-state index is 12.6. The van der Waals surface area contributed by atoms with E-state index in [1.807, 2.05) is 54.6 Å². The van der Waals surface area contributed by atoms with Gasteiger partial charge in [-0.2, -0.15) is 0 Å². The fourth-order valence-electron chi connectivity index (χ4n) is 6.49. The Balaban J connectivity index is 0.0000101. The van der Waals surface area contributed by atoms with Crippen molar-refractivity contribution in [1.82, 2.24) is 0 Å². The van der Waals surface area contributed by atoms with E-state index in [0.717, 1.165) is 24.3 Å². The number of quaternary nitrogens is 2. The molecule has 46 heavy (non-hydrogen) atoms. The first-order valence-electron chi connectivity index (χ1n) is 18.3. The predicted octanol–water partition coefficient (Wildman–Crippen LogP) is 4.11. The Labute approximate surface area is 318 Å². The van der Waals surface area contributed by atoms with Crippen molar-refractivity contribution in [3.05, 3.63) is 65.7 Å². The lowest BCUT2D eigenvalue weighted by Gasteiger charge is -2.36. The number of unbranched alkanes of at least 4 members (excludes halogenated alkanes) is 12. The maximum atomic E-state index is 12.6. The van der Waals surface area contributed by atoms with Gasteiger partial charge >= 0.3 is 0 Å². The van der Waals surface area contributed by atoms with Gasteiger partial charge in [0.2, 0.25) is 0 Å². The normalized spacial score (nSPS) is 12.5. The van der Waals surface area contributed by atoms with Crippen LogP contribution in [0.4, 0.5) is 0 Å². The first-order valence-corrected chi connectivity index (χ1v) is 18.3. The molecule has 6 heteroatoms. The first-order chi connectivity index (χ1) is 21.3. The van der Waals surface area contributed by atoms with Crippen LogP contribution in [0.1, 0.15) is 133 Å². The number of carbonyl (C=O) groups excluding carboxylic acids is 1. The van der Waals surface area contributed by atoms with Gasteiger partial charge in [0, 0.05) is 17.5 Å². The van der Waals surface area contributed by atoms with Gasteiger partial charge in [-0.15, -0.1) is 0 Å². The van der Waals surface area contributed by atoms with Crippen LogP contribution in [0.25, 0.3) is 0 Å². The number of ketones is 1. The van der Waals surface area contributed by atoms with E-state index in [0.29, 0.717) is 5.56 Å². The third-order valence-corrected chi connectivity index (χ3v) is 9.36. The third-order valence-electron chi connectivity index (χ3n) is 9.36. The number of hydrogen-bond acceptors (Lipinski definition) is 2. The summed E-state index contributed by atoms with van der Waals surface area (Å²) in [6.45, 7) is 11.9. The Morgan fingerprint density at radius 1 is 0.522 bits per heavy atom. The van der Waals surface area contributed by atoms with Crippen molar-refractivity contribution in [2.24, 2.45) is 0 Å². The van der Waals surface area contributed by atoms with Gasteiger partial charge in [-0.3, -0.25) is 4.79 Å². The molecule has 2 aromatic rings. The summed E-state index contributed by atoms with van der Waals surface area (Å²) >= 11 is 0. The molecule has 0 heterocycles. The smallest absolute Gasteiger partial charge is 0.193 e. The molecule has 0 aromatic heterocycles. The van der Waals surface area contributed by atoms with Crippen LogP contribution in [0.3, 0.4) is 0 Å². The van der Waals surface area contributed by atoms with Crippen LogP contribution >= 0.6 is 0 Å². The number of nitrogens with zero attached hydrogens (tertiary/aromatic N) is 2. The predicted molar refractivity (Wildman–Crippen MR) is 190 cm³/mol. The van der Waals surface area contributed by atoms with E-state index in [-0.39, 0.29) is 53.7 Å². The maximum Gasteiger partial charge on any atom is 0.193 e. The zero-order valence-corrected chi connectivity index (χ0v) is 34.5. The summed E-state index contributed by atoms with van der Waals surface area (Å²) in [6, 6.07) is 17.0. The van der Waals surface area contributed by atoms with Gasteiger partial charge in [0.05, 0.1) is 60.5 Å². The van der Waals surface area contributed by atoms with E-state index in [9.17, 15) is 4.79 Å². The molecule has 0 amide bonds. The van der Waals surface area contributed by atoms with Crippen LogP contribution in [-0.4, -0.2) is 75.2 Å². The summed E-state index contributed by atoms with van der Waals surface area (Å²) in [6.07, 6.45) is 21.6. The topological polar surface area (TPSA) is 26.3 Å². The number of carbonyl (C=O) groups is 1. The van der Waals surface area contributed by atoms with Gasteiger partial charge in [0.15, 0.2) is 5.78 Å². The lowest BCUT2D eigenvalue weighted by molar-refractivity contribution is -0.921. The lowest BCUT2D eigenvalue weighted by Crippen LogP contribution is -3.00. The number of ether oxygens (including phenoxy) is 1. The summed E-state index contributed by atoms with van der Waals surface area (Å²) in [5.41, 5.74) is 1.42. The number of benzene rings is 2. The molecular formula is C40H68I2N2O2. The summed E-state index contributed by atoms with van der Waals surface area (Å²) in [5, 5.41) is 0. The molecule has 1 atom stereocenters. The minimum Gasteiger partial charge on any atom is -1.00 e. The van der Waals surface area contributed by atoms with Gasteiger partial charge in [-0.05, 0) is 69.2 Å². The lowest BCUT2D eigenvalue weighted by atomic mass is 10.0. The highest BCUT2D eigenvalue weighted by Gasteiger charge is 2.22. The first kappa shape index (κ1) is 45.3. The van der Waals surface area contributed by atoms with Gasteiger partial charge in [0.25, 0.3) is 0 Å². The van der Waals surface area contributed by atoms with Crippen molar-refractivity contribution in [2.45, 2.75) is 117 Å². The average Bonchev–Trinajstić information content (AvgIpc) is 3.02. The fraction of sp³-hybridized carbons (Fsp3) is 0.675. The van der Waals surface area contributed by atoms with E-state index >= 15 is 0 Å². The Bertz CT molecular complexity index is 1000. The molecule has 4 nitrogen and oxygen atoms in total. The highest BCUT2D eigenvalue weighted by Crippen LogP contribution is 2.17. The Kier molecular flexibility index (Phi) is 26.7.